The molecule has 23 nitrogen and oxygen atoms in total. The zero-order valence-corrected chi connectivity index (χ0v) is 27.6. The molecule has 4 rings (SSSR count). The summed E-state index contributed by atoms with van der Waals surface area (Å²) in [4.78, 5) is 63.0. The van der Waals surface area contributed by atoms with Gasteiger partial charge < -0.3 is 44.8 Å². The van der Waals surface area contributed by atoms with Crippen molar-refractivity contribution in [2.75, 3.05) is 26.6 Å². The summed E-state index contributed by atoms with van der Waals surface area (Å²) in [6.45, 7) is -5.12. The van der Waals surface area contributed by atoms with Crippen LogP contribution >= 0.6 is 33.8 Å². The molecular formula is C20H27N6O17P3S. The fourth-order valence-electron chi connectivity index (χ4n) is 4.34. The van der Waals surface area contributed by atoms with Crippen LogP contribution in [0.25, 0.3) is 11.2 Å². The van der Waals surface area contributed by atoms with E-state index in [-0.39, 0.29) is 45.6 Å². The first-order valence-electron chi connectivity index (χ1n) is 12.7. The molecule has 0 amide bonds. The normalized spacial score (nSPS) is 24.3. The molecule has 8 N–H and O–H groups in total. The van der Waals surface area contributed by atoms with Crippen molar-refractivity contribution in [3.05, 3.63) is 44.5 Å². The predicted octanol–water partition coefficient (Wildman–Crippen LogP) is 1.09. The molecular weight excluding hydrogens is 721 g/mol. The smallest absolute Gasteiger partial charge is 0.488 e. The number of aromatic nitrogens is 4. The summed E-state index contributed by atoms with van der Waals surface area (Å²) >= 11 is -0.0514. The average molecular weight is 748 g/mol. The van der Waals surface area contributed by atoms with Crippen LogP contribution < -0.4 is 20.8 Å². The molecule has 0 aliphatic carbocycles. The summed E-state index contributed by atoms with van der Waals surface area (Å²) in [5, 5.41) is 31.2. The second-order valence-electron chi connectivity index (χ2n) is 9.46. The van der Waals surface area contributed by atoms with E-state index in [0.29, 0.717) is 0 Å². The minimum absolute atomic E-state index is 0.0222. The first kappa shape index (κ1) is 36.9. The first-order valence-corrected chi connectivity index (χ1v) is 18.7. The topological polar surface area (TPSA) is 340 Å². The zero-order chi connectivity index (χ0) is 35.1. The van der Waals surface area contributed by atoms with Gasteiger partial charge in [-0.15, -0.1) is 0 Å². The van der Waals surface area contributed by atoms with Crippen molar-refractivity contribution < 1.29 is 70.9 Å². The molecule has 0 spiro atoms. The van der Waals surface area contributed by atoms with Crippen molar-refractivity contribution in [1.29, 1.82) is 0 Å². The van der Waals surface area contributed by atoms with Crippen molar-refractivity contribution in [1.82, 2.24) is 19.5 Å². The lowest BCUT2D eigenvalue weighted by Crippen LogP contribution is -2.33. The largest absolute Gasteiger partial charge is 0.493 e. The third-order valence-electron chi connectivity index (χ3n) is 6.34. The number of fused-ring (bicyclic) bond motifs is 1. The van der Waals surface area contributed by atoms with Crippen LogP contribution in [0.4, 0.5) is 11.6 Å². The first-order chi connectivity index (χ1) is 21.8. The Morgan fingerprint density at radius 3 is 2.38 bits per heavy atom. The zero-order valence-electron chi connectivity index (χ0n) is 24.1. The van der Waals surface area contributed by atoms with E-state index in [2.05, 4.69) is 28.1 Å². The number of methoxy groups -OCH3 is 2. The van der Waals surface area contributed by atoms with Gasteiger partial charge in [-0.05, 0) is 24.4 Å². The van der Waals surface area contributed by atoms with Gasteiger partial charge >= 0.3 is 22.4 Å². The summed E-state index contributed by atoms with van der Waals surface area (Å²) in [5.41, 5.74) is 3.77. The number of anilines is 1. The molecule has 1 aromatic carbocycles. The van der Waals surface area contributed by atoms with Gasteiger partial charge in [-0.25, -0.2) is 18.7 Å². The highest BCUT2D eigenvalue weighted by Crippen LogP contribution is 2.73. The molecule has 2 aromatic heterocycles. The molecule has 1 fully saturated rings. The van der Waals surface area contributed by atoms with Gasteiger partial charge in [-0.2, -0.15) is 13.6 Å². The molecule has 8 atom stereocenters. The van der Waals surface area contributed by atoms with E-state index in [9.17, 15) is 53.5 Å². The maximum atomic E-state index is 12.7. The van der Waals surface area contributed by atoms with Crippen LogP contribution in [0.1, 0.15) is 24.0 Å². The van der Waals surface area contributed by atoms with Gasteiger partial charge in [0.2, 0.25) is 5.95 Å². The number of imidazole rings is 1. The standard InChI is InChI=1S/C20H27N6O17P3S/c1-8(9-4-11(38-2)12(39-3)5-10(9)26(30)31)47-46(36,37)43-45(34,35)42-44(32,33)40-6-13-15(27)16(28)19(41-13)25-7-22-14-17(25)23-20(21)24-18(14)29/h4-5,7-8,13,15-16,19,27-28H,6H2,1-3H3,(H,32,33)(H,34,35)(H,36,37)(H3,21,23,24,29)/t8?,13-,15-,16-,19-/m1/s1. The number of aliphatic hydroxyl groups is 2. The summed E-state index contributed by atoms with van der Waals surface area (Å²) in [6, 6.07) is 2.13. The van der Waals surface area contributed by atoms with Crippen molar-refractivity contribution in [3.63, 3.8) is 0 Å². The van der Waals surface area contributed by atoms with Crippen LogP contribution in [-0.4, -0.2) is 88.5 Å². The van der Waals surface area contributed by atoms with Crippen molar-refractivity contribution in [2.45, 2.75) is 36.7 Å². The van der Waals surface area contributed by atoms with E-state index in [4.69, 9.17) is 19.9 Å². The average Bonchev–Trinajstić information content (AvgIpc) is 3.49. The van der Waals surface area contributed by atoms with Crippen LogP contribution in [0.2, 0.25) is 0 Å². The lowest BCUT2D eigenvalue weighted by molar-refractivity contribution is -0.385. The minimum atomic E-state index is -5.89. The van der Waals surface area contributed by atoms with Gasteiger partial charge in [0.25, 0.3) is 11.2 Å². The molecule has 4 unspecified atom stereocenters. The maximum absolute atomic E-state index is 12.7. The number of phosphoric acid groups is 2. The number of aliphatic hydroxyl groups excluding tert-OH is 2. The number of nitrogens with zero attached hydrogens (tertiary/aromatic N) is 4. The second-order valence-corrected chi connectivity index (χ2v) is 16.8. The van der Waals surface area contributed by atoms with E-state index >= 15 is 0 Å². The molecule has 1 aliphatic heterocycles. The number of H-pyrrole nitrogens is 1. The Hall–Kier alpha value is -2.95. The summed E-state index contributed by atoms with van der Waals surface area (Å²) in [7, 11) is -9.06. The Balaban J connectivity index is 1.41. The Labute approximate surface area is 266 Å². The van der Waals surface area contributed by atoms with Gasteiger partial charge in [-0.1, -0.05) is 0 Å². The number of nitrogen functional groups attached to an aromatic ring is 1. The quantitative estimate of drug-likeness (QED) is 0.0689. The Bertz CT molecular complexity index is 1870. The van der Waals surface area contributed by atoms with E-state index in [1.165, 1.54) is 21.1 Å². The Morgan fingerprint density at radius 2 is 1.77 bits per heavy atom. The number of hydrogen-bond donors (Lipinski definition) is 7. The van der Waals surface area contributed by atoms with Gasteiger partial charge in [0.15, 0.2) is 28.9 Å². The number of nitrogens with one attached hydrogen (secondary N) is 1. The van der Waals surface area contributed by atoms with E-state index in [0.717, 1.165) is 23.0 Å². The van der Waals surface area contributed by atoms with Gasteiger partial charge in [0.05, 0.1) is 38.1 Å². The maximum Gasteiger partial charge on any atom is 0.488 e. The molecule has 3 aromatic rings. The van der Waals surface area contributed by atoms with Crippen molar-refractivity contribution in [3.8, 4) is 11.5 Å². The molecule has 0 radical (unpaired) electrons. The summed E-state index contributed by atoms with van der Waals surface area (Å²) in [5.74, 6) is -0.298. The highest BCUT2D eigenvalue weighted by molar-refractivity contribution is 8.55. The number of aromatic amines is 1. The number of nitro groups is 1. The van der Waals surface area contributed by atoms with E-state index in [1.807, 2.05) is 0 Å². The Kier molecular flexibility index (Phi) is 10.9. The van der Waals surface area contributed by atoms with Gasteiger partial charge in [0, 0.05) is 10.8 Å². The third kappa shape index (κ3) is 8.38. The molecule has 0 saturated carbocycles. The van der Waals surface area contributed by atoms with Crippen molar-refractivity contribution in [2.24, 2.45) is 0 Å². The number of nitrogens with two attached hydrogens (primary N) is 1. The van der Waals surface area contributed by atoms with E-state index < -0.39 is 75.0 Å². The highest BCUT2D eigenvalue weighted by atomic mass is 32.7. The minimum Gasteiger partial charge on any atom is -0.493 e. The molecule has 1 saturated heterocycles. The molecule has 3 heterocycles. The molecule has 1 aliphatic rings. The van der Waals surface area contributed by atoms with Crippen LogP contribution in [0.15, 0.2) is 23.3 Å². The van der Waals surface area contributed by atoms with Crippen LogP contribution in [0, 0.1) is 10.1 Å². The summed E-state index contributed by atoms with van der Waals surface area (Å²) in [6.07, 6.45) is -5.55. The monoisotopic (exact) mass is 748 g/mol. The fourth-order valence-corrected chi connectivity index (χ4v) is 10.8. The van der Waals surface area contributed by atoms with Crippen LogP contribution in [0.3, 0.4) is 0 Å². The third-order valence-corrected chi connectivity index (χ3v) is 13.3. The molecule has 27 heteroatoms. The van der Waals surface area contributed by atoms with Crippen molar-refractivity contribution >= 4 is 56.6 Å². The molecule has 0 bridgehead atoms. The van der Waals surface area contributed by atoms with Crippen LogP contribution in [0.5, 0.6) is 11.5 Å². The highest BCUT2D eigenvalue weighted by Gasteiger charge is 2.47. The number of ether oxygens (including phenoxy) is 3. The number of phosphoric ester groups is 1. The number of nitro benzene ring substituents is 1. The Morgan fingerprint density at radius 1 is 1.13 bits per heavy atom. The number of hydrogen-bond acceptors (Lipinski definition) is 18. The fraction of sp³-hybridized carbons (Fsp3) is 0.450. The van der Waals surface area contributed by atoms with Crippen LogP contribution in [-0.2, 0) is 31.6 Å². The van der Waals surface area contributed by atoms with Gasteiger partial charge in [0.1, 0.15) is 18.3 Å². The summed E-state index contributed by atoms with van der Waals surface area (Å²) < 4.78 is 67.2. The molecule has 47 heavy (non-hydrogen) atoms. The number of rotatable bonds is 14. The lowest BCUT2D eigenvalue weighted by Gasteiger charge is -2.21. The van der Waals surface area contributed by atoms with Gasteiger partial charge in [-0.3, -0.25) is 29.0 Å². The number of benzene rings is 1. The second kappa shape index (κ2) is 13.9. The lowest BCUT2D eigenvalue weighted by atomic mass is 10.1. The van der Waals surface area contributed by atoms with E-state index in [1.54, 1.807) is 0 Å². The predicted molar refractivity (Wildman–Crippen MR) is 158 cm³/mol. The molecule has 260 valence electrons. The SMILES string of the molecule is COc1cc(C(C)SP(=O)(O)OP(=O)(O)OP(=O)(O)OC[C@H]2O[C@@H](n3cnc4c(=O)[nH]c(N)nc43)[C@H](O)[C@@H]2O)c([N+](=O)[O-])cc1OC.